The van der Waals surface area contributed by atoms with Gasteiger partial charge in [-0.3, -0.25) is 9.59 Å². The molecule has 6 heteroatoms. The van der Waals surface area contributed by atoms with Gasteiger partial charge in [-0.05, 0) is 12.0 Å². The van der Waals surface area contributed by atoms with Crippen LogP contribution in [0.15, 0.2) is 91.0 Å². The summed E-state index contributed by atoms with van der Waals surface area (Å²) < 4.78 is 6.19. The number of carbonyl (C=O) groups is 2. The van der Waals surface area contributed by atoms with Crippen LogP contribution in [-0.4, -0.2) is 48.5 Å². The summed E-state index contributed by atoms with van der Waals surface area (Å²) in [4.78, 5) is 28.5. The van der Waals surface area contributed by atoms with Gasteiger partial charge in [0.2, 0.25) is 11.6 Å². The van der Waals surface area contributed by atoms with Crippen LogP contribution in [0.3, 0.4) is 0 Å². The zero-order valence-corrected chi connectivity index (χ0v) is 18.3. The van der Waals surface area contributed by atoms with Crippen LogP contribution >= 0.6 is 0 Å². The highest BCUT2D eigenvalue weighted by Gasteiger charge is 2.60. The fraction of sp³-hybridized carbons (Fsp3) is 0.259. The average Bonchev–Trinajstić information content (AvgIpc) is 3.19. The molecule has 3 aromatic rings. The van der Waals surface area contributed by atoms with Gasteiger partial charge in [0, 0.05) is 30.8 Å². The number of piperazine rings is 1. The number of cyclic esters (lactones) is 1. The highest BCUT2D eigenvalue weighted by atomic mass is 16.6. The Morgan fingerprint density at radius 1 is 0.909 bits per heavy atom. The van der Waals surface area contributed by atoms with Crippen LogP contribution in [-0.2, 0) is 26.5 Å². The van der Waals surface area contributed by atoms with Gasteiger partial charge in [0.15, 0.2) is 0 Å². The molecule has 0 spiro atoms. The summed E-state index contributed by atoms with van der Waals surface area (Å²) >= 11 is 0. The first-order valence-electron chi connectivity index (χ1n) is 11.3. The molecule has 1 amide bonds. The molecule has 2 fully saturated rings. The Bertz CT molecular complexity index is 1070. The molecule has 2 saturated heterocycles. The number of rotatable bonds is 6. The van der Waals surface area contributed by atoms with Crippen LogP contribution in [0.2, 0.25) is 0 Å². The predicted octanol–water partition coefficient (Wildman–Crippen LogP) is 2.45. The van der Waals surface area contributed by atoms with E-state index < -0.39 is 17.8 Å². The molecule has 0 bridgehead atoms. The Hall–Kier alpha value is -3.48. The molecule has 0 aromatic heterocycles. The number of fused-ring (bicyclic) bond motifs is 1. The second-order valence-electron chi connectivity index (χ2n) is 8.42. The summed E-state index contributed by atoms with van der Waals surface area (Å²) in [5.41, 5.74) is 1.67. The topological polar surface area (TPSA) is 70.7 Å². The fourth-order valence-electron chi connectivity index (χ4n) is 4.90. The number of esters is 1. The fourth-order valence-corrected chi connectivity index (χ4v) is 4.90. The van der Waals surface area contributed by atoms with Crippen molar-refractivity contribution in [1.29, 1.82) is 0 Å². The Morgan fingerprint density at radius 3 is 2.09 bits per heavy atom. The van der Waals surface area contributed by atoms with Gasteiger partial charge in [-0.2, -0.15) is 0 Å². The lowest BCUT2D eigenvalue weighted by Crippen LogP contribution is -2.65. The number of benzene rings is 3. The molecule has 2 unspecified atom stereocenters. The van der Waals surface area contributed by atoms with Gasteiger partial charge in [-0.15, -0.1) is 0 Å². The van der Waals surface area contributed by atoms with E-state index in [9.17, 15) is 9.59 Å². The van der Waals surface area contributed by atoms with E-state index in [0.717, 1.165) is 17.5 Å². The van der Waals surface area contributed by atoms with Crippen molar-refractivity contribution in [2.75, 3.05) is 19.6 Å². The lowest BCUT2D eigenvalue weighted by Gasteiger charge is -2.44. The SMILES string of the molecule is O=C(NCCc1ccccc1)C1CNCC2C(=O)OC(c3ccccc3)(c3ccccc3)N12. The van der Waals surface area contributed by atoms with Gasteiger partial charge in [-0.1, -0.05) is 91.0 Å². The number of nitrogens with one attached hydrogen (secondary N) is 2. The number of ether oxygens (including phenoxy) is 1. The minimum atomic E-state index is -1.16. The van der Waals surface area contributed by atoms with Crippen LogP contribution in [0.4, 0.5) is 0 Å². The van der Waals surface area contributed by atoms with E-state index in [1.165, 1.54) is 5.56 Å². The minimum absolute atomic E-state index is 0.113. The molecule has 33 heavy (non-hydrogen) atoms. The van der Waals surface area contributed by atoms with E-state index in [-0.39, 0.29) is 11.9 Å². The van der Waals surface area contributed by atoms with E-state index in [1.807, 2.05) is 95.9 Å². The quantitative estimate of drug-likeness (QED) is 0.575. The average molecular weight is 442 g/mol. The highest BCUT2D eigenvalue weighted by molar-refractivity contribution is 5.86. The van der Waals surface area contributed by atoms with E-state index in [0.29, 0.717) is 19.6 Å². The molecule has 2 atom stereocenters. The van der Waals surface area contributed by atoms with Gasteiger partial charge < -0.3 is 15.4 Å². The van der Waals surface area contributed by atoms with E-state index >= 15 is 0 Å². The molecular weight excluding hydrogens is 414 g/mol. The largest absolute Gasteiger partial charge is 0.434 e. The van der Waals surface area contributed by atoms with Gasteiger partial charge in [0.05, 0.1) is 0 Å². The van der Waals surface area contributed by atoms with E-state index in [2.05, 4.69) is 10.6 Å². The first-order chi connectivity index (χ1) is 16.2. The molecule has 0 aliphatic carbocycles. The zero-order chi connectivity index (χ0) is 22.7. The standard InChI is InChI=1S/C27H27N3O3/c31-25(29-17-16-20-10-4-1-5-11-20)23-18-28-19-24-26(32)33-27(30(23)24,21-12-6-2-7-13-21)22-14-8-3-9-15-22/h1-15,23-24,28H,16-19H2,(H,29,31). The number of hydrogen-bond donors (Lipinski definition) is 2. The zero-order valence-electron chi connectivity index (χ0n) is 18.3. The summed E-state index contributed by atoms with van der Waals surface area (Å²) in [6.07, 6.45) is 0.744. The predicted molar refractivity (Wildman–Crippen MR) is 125 cm³/mol. The van der Waals surface area contributed by atoms with Crippen molar-refractivity contribution >= 4 is 11.9 Å². The van der Waals surface area contributed by atoms with Crippen LogP contribution in [0.25, 0.3) is 0 Å². The Kier molecular flexibility index (Phi) is 5.94. The molecule has 2 heterocycles. The van der Waals surface area contributed by atoms with Crippen LogP contribution < -0.4 is 10.6 Å². The van der Waals surface area contributed by atoms with Crippen molar-refractivity contribution in [3.63, 3.8) is 0 Å². The maximum absolute atomic E-state index is 13.4. The van der Waals surface area contributed by atoms with Crippen molar-refractivity contribution in [3.05, 3.63) is 108 Å². The molecule has 5 rings (SSSR count). The molecular formula is C27H27N3O3. The summed E-state index contributed by atoms with van der Waals surface area (Å²) in [6, 6.07) is 28.3. The van der Waals surface area contributed by atoms with Gasteiger partial charge in [0.1, 0.15) is 12.1 Å². The highest BCUT2D eigenvalue weighted by Crippen LogP contribution is 2.45. The third-order valence-electron chi connectivity index (χ3n) is 6.42. The maximum atomic E-state index is 13.4. The van der Waals surface area contributed by atoms with Crippen molar-refractivity contribution in [2.24, 2.45) is 0 Å². The summed E-state index contributed by atoms with van der Waals surface area (Å²) in [5, 5.41) is 6.34. The Morgan fingerprint density at radius 2 is 1.48 bits per heavy atom. The normalized spacial score (nSPS) is 21.8. The molecule has 2 aliphatic rings. The first kappa shape index (κ1) is 21.4. The summed E-state index contributed by atoms with van der Waals surface area (Å²) in [7, 11) is 0. The summed E-state index contributed by atoms with van der Waals surface area (Å²) in [5.74, 6) is -0.435. The van der Waals surface area contributed by atoms with Crippen LogP contribution in [0, 0.1) is 0 Å². The number of nitrogens with zero attached hydrogens (tertiary/aromatic N) is 1. The van der Waals surface area contributed by atoms with Crippen molar-refractivity contribution in [3.8, 4) is 0 Å². The second-order valence-corrected chi connectivity index (χ2v) is 8.42. The third-order valence-corrected chi connectivity index (χ3v) is 6.42. The molecule has 3 aromatic carbocycles. The Balaban J connectivity index is 1.48. The molecule has 0 radical (unpaired) electrons. The molecule has 6 nitrogen and oxygen atoms in total. The minimum Gasteiger partial charge on any atom is -0.434 e. The molecule has 168 valence electrons. The lowest BCUT2D eigenvalue weighted by molar-refractivity contribution is -0.153. The first-order valence-corrected chi connectivity index (χ1v) is 11.3. The summed E-state index contributed by atoms with van der Waals surface area (Å²) in [6.45, 7) is 1.40. The van der Waals surface area contributed by atoms with Crippen molar-refractivity contribution in [2.45, 2.75) is 24.2 Å². The van der Waals surface area contributed by atoms with Crippen molar-refractivity contribution < 1.29 is 14.3 Å². The van der Waals surface area contributed by atoms with E-state index in [4.69, 9.17) is 4.74 Å². The molecule has 2 aliphatic heterocycles. The monoisotopic (exact) mass is 441 g/mol. The lowest BCUT2D eigenvalue weighted by atomic mass is 9.90. The molecule has 2 N–H and O–H groups in total. The molecule has 0 saturated carbocycles. The van der Waals surface area contributed by atoms with Gasteiger partial charge in [-0.25, -0.2) is 4.90 Å². The van der Waals surface area contributed by atoms with E-state index in [1.54, 1.807) is 0 Å². The van der Waals surface area contributed by atoms with Gasteiger partial charge >= 0.3 is 5.97 Å². The van der Waals surface area contributed by atoms with Crippen molar-refractivity contribution in [1.82, 2.24) is 15.5 Å². The van der Waals surface area contributed by atoms with Crippen LogP contribution in [0.5, 0.6) is 0 Å². The number of carbonyl (C=O) groups excluding carboxylic acids is 2. The number of amides is 1. The van der Waals surface area contributed by atoms with Crippen LogP contribution in [0.1, 0.15) is 16.7 Å². The Labute approximate surface area is 193 Å². The number of hydrogen-bond acceptors (Lipinski definition) is 5. The third kappa shape index (κ3) is 3.92. The smallest absolute Gasteiger partial charge is 0.327 e. The second kappa shape index (κ2) is 9.17. The van der Waals surface area contributed by atoms with Gasteiger partial charge in [0.25, 0.3) is 0 Å². The maximum Gasteiger partial charge on any atom is 0.327 e.